The molecule has 7 heteroatoms. The number of unbranched alkanes of at least 4 members (excludes halogenated alkanes) is 8. The Hall–Kier alpha value is -0.730. The molecule has 0 aliphatic carbocycles. The highest BCUT2D eigenvalue weighted by Crippen LogP contribution is 2.38. The quantitative estimate of drug-likeness (QED) is 0.253. The molecule has 1 saturated heterocycles. The molecule has 6 atom stereocenters. The third kappa shape index (κ3) is 7.47. The van der Waals surface area contributed by atoms with Crippen molar-refractivity contribution in [1.82, 2.24) is 0 Å². The summed E-state index contributed by atoms with van der Waals surface area (Å²) in [6.45, 7) is 5.24. The highest BCUT2D eigenvalue weighted by atomic mass is 16.7. The Morgan fingerprint density at radius 1 is 0.966 bits per heavy atom. The fourth-order valence-corrected chi connectivity index (χ4v) is 3.85. The lowest BCUT2D eigenvalue weighted by Gasteiger charge is -2.50. The summed E-state index contributed by atoms with van der Waals surface area (Å²) >= 11 is 0. The molecular formula is C22H42O7. The van der Waals surface area contributed by atoms with Gasteiger partial charge in [0.05, 0.1) is 6.61 Å². The SMILES string of the molecule is CCCCCCCCCCCC(=O)OC1(C(C)CC)O[C@H](CO)[C@@H](O)[C@H](O)[C@H]1O. The first-order valence-corrected chi connectivity index (χ1v) is 11.4. The van der Waals surface area contributed by atoms with E-state index in [0.717, 1.165) is 12.8 Å². The number of hydrogen-bond donors (Lipinski definition) is 4. The van der Waals surface area contributed by atoms with Gasteiger partial charge < -0.3 is 29.9 Å². The van der Waals surface area contributed by atoms with Crippen molar-refractivity contribution < 1.29 is 34.7 Å². The zero-order valence-electron chi connectivity index (χ0n) is 18.4. The van der Waals surface area contributed by atoms with Crippen molar-refractivity contribution in [2.45, 2.75) is 122 Å². The van der Waals surface area contributed by atoms with E-state index >= 15 is 0 Å². The monoisotopic (exact) mass is 418 g/mol. The molecule has 1 fully saturated rings. The van der Waals surface area contributed by atoms with Gasteiger partial charge in [0.25, 0.3) is 0 Å². The Bertz CT molecular complexity index is 456. The topological polar surface area (TPSA) is 116 Å². The van der Waals surface area contributed by atoms with Gasteiger partial charge in [-0.05, 0) is 12.8 Å². The minimum atomic E-state index is -1.78. The lowest BCUT2D eigenvalue weighted by atomic mass is 9.84. The van der Waals surface area contributed by atoms with Crippen LogP contribution >= 0.6 is 0 Å². The molecule has 1 heterocycles. The standard InChI is InChI=1S/C22H42O7/c1-4-6-7-8-9-10-11-12-13-14-18(24)29-22(16(3)5-2)21(27)20(26)19(25)17(15-23)28-22/h16-17,19-21,23,25-27H,4-15H2,1-3H3/t16?,17-,19-,20+,21-,22?/m1/s1. The Kier molecular flexibility index (Phi) is 12.3. The van der Waals surface area contributed by atoms with Gasteiger partial charge in [-0.1, -0.05) is 72.1 Å². The molecule has 4 N–H and O–H groups in total. The van der Waals surface area contributed by atoms with E-state index in [1.54, 1.807) is 6.92 Å². The molecule has 0 spiro atoms. The van der Waals surface area contributed by atoms with Gasteiger partial charge in [-0.2, -0.15) is 0 Å². The Balaban J connectivity index is 2.53. The van der Waals surface area contributed by atoms with Crippen LogP contribution in [0.3, 0.4) is 0 Å². The summed E-state index contributed by atoms with van der Waals surface area (Å²) in [6, 6.07) is 0. The van der Waals surface area contributed by atoms with Crippen molar-refractivity contribution in [3.8, 4) is 0 Å². The molecule has 0 bridgehead atoms. The summed E-state index contributed by atoms with van der Waals surface area (Å²) in [5.41, 5.74) is 0. The molecule has 7 nitrogen and oxygen atoms in total. The van der Waals surface area contributed by atoms with Crippen LogP contribution in [-0.2, 0) is 14.3 Å². The van der Waals surface area contributed by atoms with Crippen molar-refractivity contribution >= 4 is 5.97 Å². The number of carbonyl (C=O) groups is 1. The maximum absolute atomic E-state index is 12.5. The van der Waals surface area contributed by atoms with Gasteiger partial charge in [-0.15, -0.1) is 0 Å². The predicted octanol–water partition coefficient (Wildman–Crippen LogP) is 2.67. The smallest absolute Gasteiger partial charge is 0.308 e. The minimum Gasteiger partial charge on any atom is -0.430 e. The van der Waals surface area contributed by atoms with Crippen molar-refractivity contribution in [1.29, 1.82) is 0 Å². The molecule has 29 heavy (non-hydrogen) atoms. The third-order valence-corrected chi connectivity index (χ3v) is 6.04. The predicted molar refractivity (Wildman–Crippen MR) is 110 cm³/mol. The van der Waals surface area contributed by atoms with Gasteiger partial charge in [-0.3, -0.25) is 4.79 Å². The molecule has 0 saturated carbocycles. The Morgan fingerprint density at radius 3 is 2.03 bits per heavy atom. The number of carbonyl (C=O) groups excluding carboxylic acids is 1. The van der Waals surface area contributed by atoms with Gasteiger partial charge in [0.15, 0.2) is 0 Å². The average molecular weight is 419 g/mol. The number of aliphatic hydroxyl groups excluding tert-OH is 4. The van der Waals surface area contributed by atoms with Crippen LogP contribution in [0.25, 0.3) is 0 Å². The number of aliphatic hydroxyl groups is 4. The number of hydrogen-bond acceptors (Lipinski definition) is 7. The average Bonchev–Trinajstić information content (AvgIpc) is 2.72. The van der Waals surface area contributed by atoms with Crippen molar-refractivity contribution in [2.24, 2.45) is 5.92 Å². The second-order valence-electron chi connectivity index (χ2n) is 8.35. The van der Waals surface area contributed by atoms with Crippen LogP contribution in [0.5, 0.6) is 0 Å². The maximum Gasteiger partial charge on any atom is 0.308 e. The van der Waals surface area contributed by atoms with E-state index in [1.807, 2.05) is 6.92 Å². The van der Waals surface area contributed by atoms with E-state index in [4.69, 9.17) is 9.47 Å². The number of esters is 1. The van der Waals surface area contributed by atoms with Crippen molar-refractivity contribution in [3.63, 3.8) is 0 Å². The molecule has 0 aromatic rings. The van der Waals surface area contributed by atoms with Crippen molar-refractivity contribution in [2.75, 3.05) is 6.61 Å². The van der Waals surface area contributed by atoms with Gasteiger partial charge in [0, 0.05) is 12.3 Å². The number of ether oxygens (including phenoxy) is 2. The first kappa shape index (κ1) is 26.3. The summed E-state index contributed by atoms with van der Waals surface area (Å²) in [5.74, 6) is -2.72. The van der Waals surface area contributed by atoms with Crippen LogP contribution in [0.2, 0.25) is 0 Å². The zero-order valence-corrected chi connectivity index (χ0v) is 18.4. The van der Waals surface area contributed by atoms with Crippen LogP contribution in [0.1, 0.15) is 91.4 Å². The summed E-state index contributed by atoms with van der Waals surface area (Å²) in [4.78, 5) is 12.5. The number of rotatable bonds is 14. The molecule has 172 valence electrons. The molecule has 1 aliphatic heterocycles. The summed E-state index contributed by atoms with van der Waals surface area (Å²) in [6.07, 6.45) is 5.14. The van der Waals surface area contributed by atoms with E-state index in [-0.39, 0.29) is 6.42 Å². The summed E-state index contributed by atoms with van der Waals surface area (Å²) in [5, 5.41) is 40.2. The zero-order chi connectivity index (χ0) is 21.9. The lowest BCUT2D eigenvalue weighted by molar-refractivity contribution is -0.368. The van der Waals surface area contributed by atoms with Crippen molar-refractivity contribution in [3.05, 3.63) is 0 Å². The molecule has 0 aromatic carbocycles. The van der Waals surface area contributed by atoms with E-state index in [0.29, 0.717) is 12.8 Å². The van der Waals surface area contributed by atoms with Crippen LogP contribution in [0.15, 0.2) is 0 Å². The second kappa shape index (κ2) is 13.5. The van der Waals surface area contributed by atoms with E-state index in [2.05, 4.69) is 6.92 Å². The van der Waals surface area contributed by atoms with Crippen LogP contribution in [-0.4, -0.2) is 63.2 Å². The third-order valence-electron chi connectivity index (χ3n) is 6.04. The highest BCUT2D eigenvalue weighted by molar-refractivity contribution is 5.69. The minimum absolute atomic E-state index is 0.201. The molecule has 0 radical (unpaired) electrons. The van der Waals surface area contributed by atoms with Crippen LogP contribution in [0.4, 0.5) is 0 Å². The van der Waals surface area contributed by atoms with E-state index < -0.39 is 48.7 Å². The molecule has 2 unspecified atom stereocenters. The van der Waals surface area contributed by atoms with Gasteiger partial charge in [-0.25, -0.2) is 0 Å². The molecule has 0 amide bonds. The molecule has 1 rings (SSSR count). The second-order valence-corrected chi connectivity index (χ2v) is 8.35. The normalized spacial score (nSPS) is 30.9. The van der Waals surface area contributed by atoms with E-state index in [1.165, 1.54) is 38.5 Å². The first-order valence-electron chi connectivity index (χ1n) is 11.4. The fraction of sp³-hybridized carbons (Fsp3) is 0.955. The molecule has 0 aromatic heterocycles. The lowest BCUT2D eigenvalue weighted by Crippen LogP contribution is -2.68. The highest BCUT2D eigenvalue weighted by Gasteiger charge is 2.58. The summed E-state index contributed by atoms with van der Waals surface area (Å²) in [7, 11) is 0. The Labute approximate surface area is 175 Å². The Morgan fingerprint density at radius 2 is 1.52 bits per heavy atom. The maximum atomic E-state index is 12.5. The van der Waals surface area contributed by atoms with Gasteiger partial charge in [0.2, 0.25) is 5.79 Å². The van der Waals surface area contributed by atoms with Crippen LogP contribution in [0, 0.1) is 5.92 Å². The first-order chi connectivity index (χ1) is 13.8. The summed E-state index contributed by atoms with van der Waals surface area (Å²) < 4.78 is 11.3. The van der Waals surface area contributed by atoms with Gasteiger partial charge in [0.1, 0.15) is 24.4 Å². The van der Waals surface area contributed by atoms with E-state index in [9.17, 15) is 25.2 Å². The fourth-order valence-electron chi connectivity index (χ4n) is 3.85. The molecule has 1 aliphatic rings. The largest absolute Gasteiger partial charge is 0.430 e. The van der Waals surface area contributed by atoms with Crippen LogP contribution < -0.4 is 0 Å². The molecular weight excluding hydrogens is 376 g/mol. The van der Waals surface area contributed by atoms with Gasteiger partial charge >= 0.3 is 5.97 Å².